The van der Waals surface area contributed by atoms with E-state index in [1.54, 1.807) is 0 Å². The lowest BCUT2D eigenvalue weighted by Crippen LogP contribution is -2.26. The molecule has 0 saturated heterocycles. The molecule has 0 aromatic heterocycles. The standard InChI is InChI=1S/C8H6Cl2O4/c9-4-1-2-6(5(10)3-4)14-8(13)7(11)12/h1-3,8,13H,(H,11,12). The molecule has 0 fully saturated rings. The molecule has 1 unspecified atom stereocenters. The quantitative estimate of drug-likeness (QED) is 0.786. The van der Waals surface area contributed by atoms with Gasteiger partial charge in [0.1, 0.15) is 5.75 Å². The number of aliphatic hydroxyl groups excluding tert-OH is 1. The van der Waals surface area contributed by atoms with E-state index in [0.29, 0.717) is 5.02 Å². The van der Waals surface area contributed by atoms with Gasteiger partial charge < -0.3 is 14.9 Å². The van der Waals surface area contributed by atoms with Crippen LogP contribution in [0.25, 0.3) is 0 Å². The summed E-state index contributed by atoms with van der Waals surface area (Å²) < 4.78 is 4.63. The van der Waals surface area contributed by atoms with Crippen LogP contribution in [0.3, 0.4) is 0 Å². The zero-order valence-electron chi connectivity index (χ0n) is 6.78. The van der Waals surface area contributed by atoms with Gasteiger partial charge in [-0.2, -0.15) is 0 Å². The zero-order valence-corrected chi connectivity index (χ0v) is 8.29. The number of carboxylic acids is 1. The van der Waals surface area contributed by atoms with Crippen molar-refractivity contribution in [2.45, 2.75) is 6.29 Å². The van der Waals surface area contributed by atoms with Crippen LogP contribution in [0.15, 0.2) is 18.2 Å². The second-order valence-corrected chi connectivity index (χ2v) is 3.23. The highest BCUT2D eigenvalue weighted by molar-refractivity contribution is 6.35. The van der Waals surface area contributed by atoms with E-state index < -0.39 is 12.3 Å². The Hall–Kier alpha value is -0.970. The fourth-order valence-corrected chi connectivity index (χ4v) is 1.19. The van der Waals surface area contributed by atoms with Crippen molar-refractivity contribution in [3.8, 4) is 5.75 Å². The van der Waals surface area contributed by atoms with Gasteiger partial charge in [-0.25, -0.2) is 4.79 Å². The Morgan fingerprint density at radius 1 is 1.43 bits per heavy atom. The van der Waals surface area contributed by atoms with Crippen molar-refractivity contribution in [3.05, 3.63) is 28.2 Å². The Labute approximate surface area is 89.6 Å². The van der Waals surface area contributed by atoms with Gasteiger partial charge in [0.2, 0.25) is 0 Å². The van der Waals surface area contributed by atoms with Gasteiger partial charge >= 0.3 is 5.97 Å². The summed E-state index contributed by atoms with van der Waals surface area (Å²) in [6.07, 6.45) is -1.94. The van der Waals surface area contributed by atoms with Gasteiger partial charge in [-0.1, -0.05) is 23.2 Å². The van der Waals surface area contributed by atoms with Crippen molar-refractivity contribution in [1.29, 1.82) is 0 Å². The maximum atomic E-state index is 10.2. The first-order valence-corrected chi connectivity index (χ1v) is 4.29. The summed E-state index contributed by atoms with van der Waals surface area (Å²) in [7, 11) is 0. The molecule has 76 valence electrons. The lowest BCUT2D eigenvalue weighted by atomic mass is 10.3. The molecule has 1 atom stereocenters. The minimum absolute atomic E-state index is 0.0611. The molecule has 0 aliphatic heterocycles. The molecule has 0 heterocycles. The highest BCUT2D eigenvalue weighted by Crippen LogP contribution is 2.27. The molecule has 0 bridgehead atoms. The summed E-state index contributed by atoms with van der Waals surface area (Å²) in [6, 6.07) is 4.22. The average Bonchev–Trinajstić information content (AvgIpc) is 2.09. The van der Waals surface area contributed by atoms with Crippen molar-refractivity contribution in [3.63, 3.8) is 0 Å². The number of halogens is 2. The number of benzene rings is 1. The number of aliphatic hydroxyl groups is 1. The highest BCUT2D eigenvalue weighted by Gasteiger charge is 2.16. The highest BCUT2D eigenvalue weighted by atomic mass is 35.5. The average molecular weight is 237 g/mol. The number of aliphatic carboxylic acids is 1. The van der Waals surface area contributed by atoms with Crippen molar-refractivity contribution >= 4 is 29.2 Å². The van der Waals surface area contributed by atoms with Gasteiger partial charge in [-0.15, -0.1) is 0 Å². The van der Waals surface area contributed by atoms with E-state index >= 15 is 0 Å². The molecular weight excluding hydrogens is 231 g/mol. The summed E-state index contributed by atoms with van der Waals surface area (Å²) in [4.78, 5) is 10.2. The molecule has 6 heteroatoms. The number of hydrogen-bond donors (Lipinski definition) is 2. The SMILES string of the molecule is O=C(O)C(O)Oc1ccc(Cl)cc1Cl. The zero-order chi connectivity index (χ0) is 10.7. The molecule has 0 aliphatic carbocycles. The van der Waals surface area contributed by atoms with E-state index in [2.05, 4.69) is 4.74 Å². The Bertz CT molecular complexity index is 353. The van der Waals surface area contributed by atoms with Gasteiger partial charge in [0.25, 0.3) is 6.29 Å². The first kappa shape index (κ1) is 11.1. The summed E-state index contributed by atoms with van der Waals surface area (Å²) in [5.74, 6) is -1.43. The molecular formula is C8H6Cl2O4. The number of rotatable bonds is 3. The summed E-state index contributed by atoms with van der Waals surface area (Å²) in [5.41, 5.74) is 0. The third-order valence-corrected chi connectivity index (χ3v) is 1.87. The molecule has 4 nitrogen and oxygen atoms in total. The van der Waals surface area contributed by atoms with Crippen LogP contribution in [-0.4, -0.2) is 22.5 Å². The van der Waals surface area contributed by atoms with E-state index in [-0.39, 0.29) is 10.8 Å². The smallest absolute Gasteiger partial charge is 0.373 e. The Kier molecular flexibility index (Phi) is 3.57. The van der Waals surface area contributed by atoms with Crippen LogP contribution in [0.4, 0.5) is 0 Å². The first-order valence-electron chi connectivity index (χ1n) is 3.53. The summed E-state index contributed by atoms with van der Waals surface area (Å²) in [5, 5.41) is 17.7. The molecule has 0 saturated carbocycles. The fourth-order valence-electron chi connectivity index (χ4n) is 0.741. The van der Waals surface area contributed by atoms with Crippen LogP contribution in [0.1, 0.15) is 0 Å². The van der Waals surface area contributed by atoms with E-state index in [0.717, 1.165) is 0 Å². The van der Waals surface area contributed by atoms with Crippen molar-refractivity contribution in [2.24, 2.45) is 0 Å². The molecule has 0 aliphatic rings. The van der Waals surface area contributed by atoms with Crippen LogP contribution < -0.4 is 4.74 Å². The maximum Gasteiger partial charge on any atom is 0.373 e. The van der Waals surface area contributed by atoms with Crippen LogP contribution in [0, 0.1) is 0 Å². The van der Waals surface area contributed by atoms with E-state index in [1.165, 1.54) is 18.2 Å². The topological polar surface area (TPSA) is 66.8 Å². The van der Waals surface area contributed by atoms with Gasteiger partial charge in [-0.3, -0.25) is 0 Å². The third kappa shape index (κ3) is 2.77. The number of carbonyl (C=O) groups is 1. The number of carboxylic acid groups (broad SMARTS) is 1. The largest absolute Gasteiger partial charge is 0.477 e. The molecule has 0 spiro atoms. The number of ether oxygens (including phenoxy) is 1. The van der Waals surface area contributed by atoms with Crippen LogP contribution in [0.2, 0.25) is 10.0 Å². The van der Waals surface area contributed by atoms with E-state index in [1.807, 2.05) is 0 Å². The van der Waals surface area contributed by atoms with Crippen molar-refractivity contribution in [1.82, 2.24) is 0 Å². The molecule has 0 amide bonds. The van der Waals surface area contributed by atoms with Gasteiger partial charge in [0.15, 0.2) is 0 Å². The van der Waals surface area contributed by atoms with E-state index in [9.17, 15) is 4.79 Å². The molecule has 1 rings (SSSR count). The predicted molar refractivity (Wildman–Crippen MR) is 50.7 cm³/mol. The Morgan fingerprint density at radius 2 is 2.07 bits per heavy atom. The van der Waals surface area contributed by atoms with E-state index in [4.69, 9.17) is 33.4 Å². The molecule has 2 N–H and O–H groups in total. The maximum absolute atomic E-state index is 10.2. The predicted octanol–water partition coefficient (Wildman–Crippen LogP) is 1.78. The Balaban J connectivity index is 2.82. The lowest BCUT2D eigenvalue weighted by Gasteiger charge is -2.10. The minimum Gasteiger partial charge on any atom is -0.477 e. The van der Waals surface area contributed by atoms with Crippen molar-refractivity contribution in [2.75, 3.05) is 0 Å². The normalized spacial score (nSPS) is 12.2. The molecule has 14 heavy (non-hydrogen) atoms. The molecule has 1 aromatic rings. The minimum atomic E-state index is -1.94. The number of hydrogen-bond acceptors (Lipinski definition) is 3. The van der Waals surface area contributed by atoms with Gasteiger partial charge in [-0.05, 0) is 18.2 Å². The lowest BCUT2D eigenvalue weighted by molar-refractivity contribution is -0.162. The van der Waals surface area contributed by atoms with Crippen LogP contribution >= 0.6 is 23.2 Å². The van der Waals surface area contributed by atoms with Crippen LogP contribution in [0.5, 0.6) is 5.75 Å². The fraction of sp³-hybridized carbons (Fsp3) is 0.125. The summed E-state index contributed by atoms with van der Waals surface area (Å²) in [6.45, 7) is 0. The summed E-state index contributed by atoms with van der Waals surface area (Å²) >= 11 is 11.3. The second-order valence-electron chi connectivity index (χ2n) is 2.38. The monoisotopic (exact) mass is 236 g/mol. The molecule has 0 radical (unpaired) electrons. The van der Waals surface area contributed by atoms with Crippen molar-refractivity contribution < 1.29 is 19.7 Å². The van der Waals surface area contributed by atoms with Gasteiger partial charge in [0, 0.05) is 5.02 Å². The molecule has 1 aromatic carbocycles. The third-order valence-electron chi connectivity index (χ3n) is 1.34. The first-order chi connectivity index (χ1) is 6.50. The second kappa shape index (κ2) is 4.50. The Morgan fingerprint density at radius 3 is 2.57 bits per heavy atom. The van der Waals surface area contributed by atoms with Crippen LogP contribution in [-0.2, 0) is 4.79 Å². The van der Waals surface area contributed by atoms with Gasteiger partial charge in [0.05, 0.1) is 5.02 Å².